The molecule has 1 N–H and O–H groups in total. The van der Waals surface area contributed by atoms with Crippen LogP contribution >= 0.6 is 0 Å². The lowest BCUT2D eigenvalue weighted by atomic mass is 9.91. The highest BCUT2D eigenvalue weighted by Gasteiger charge is 2.30. The number of piperidine rings is 1. The first-order valence-electron chi connectivity index (χ1n) is 9.46. The molecule has 6 nitrogen and oxygen atoms in total. The van der Waals surface area contributed by atoms with Crippen LogP contribution in [0.1, 0.15) is 32.1 Å². The van der Waals surface area contributed by atoms with Crippen LogP contribution < -0.4 is 10.1 Å². The van der Waals surface area contributed by atoms with Crippen LogP contribution in [-0.2, 0) is 14.3 Å². The standard InChI is InChI=1S/C20H28N2O4/c1-25-18-4-2-3-17(13-18)21-19(23)6-5-15-7-10-22(11-8-15)20(24)16-9-12-26-14-16/h2-4,13,15-16H,5-12,14H2,1H3,(H,21,23). The van der Waals surface area contributed by atoms with Gasteiger partial charge in [-0.1, -0.05) is 6.07 Å². The van der Waals surface area contributed by atoms with E-state index in [-0.39, 0.29) is 17.7 Å². The van der Waals surface area contributed by atoms with Crippen molar-refractivity contribution in [1.29, 1.82) is 0 Å². The van der Waals surface area contributed by atoms with Crippen LogP contribution in [-0.4, -0.2) is 50.1 Å². The van der Waals surface area contributed by atoms with Gasteiger partial charge in [0.15, 0.2) is 0 Å². The molecule has 0 spiro atoms. The average Bonchev–Trinajstić information content (AvgIpc) is 3.21. The molecule has 6 heteroatoms. The SMILES string of the molecule is COc1cccc(NC(=O)CCC2CCN(C(=O)C3CCOC3)CC2)c1. The summed E-state index contributed by atoms with van der Waals surface area (Å²) >= 11 is 0. The van der Waals surface area contributed by atoms with Crippen molar-refractivity contribution in [3.05, 3.63) is 24.3 Å². The molecule has 1 aromatic carbocycles. The van der Waals surface area contributed by atoms with Crippen LogP contribution in [0.15, 0.2) is 24.3 Å². The largest absolute Gasteiger partial charge is 0.497 e. The third kappa shape index (κ3) is 4.97. The van der Waals surface area contributed by atoms with Crippen molar-refractivity contribution in [2.75, 3.05) is 38.7 Å². The molecular weight excluding hydrogens is 332 g/mol. The van der Waals surface area contributed by atoms with Crippen molar-refractivity contribution in [3.63, 3.8) is 0 Å². The number of hydrogen-bond donors (Lipinski definition) is 1. The summed E-state index contributed by atoms with van der Waals surface area (Å²) in [5.41, 5.74) is 0.758. The van der Waals surface area contributed by atoms with Crippen LogP contribution in [0.5, 0.6) is 5.75 Å². The molecule has 0 bridgehead atoms. The van der Waals surface area contributed by atoms with E-state index in [1.807, 2.05) is 29.2 Å². The number of likely N-dealkylation sites (tertiary alicyclic amines) is 1. The highest BCUT2D eigenvalue weighted by atomic mass is 16.5. The maximum absolute atomic E-state index is 12.4. The zero-order valence-electron chi connectivity index (χ0n) is 15.4. The summed E-state index contributed by atoms with van der Waals surface area (Å²) in [6.45, 7) is 2.88. The van der Waals surface area contributed by atoms with Crippen molar-refractivity contribution in [2.24, 2.45) is 11.8 Å². The molecule has 2 aliphatic rings. The van der Waals surface area contributed by atoms with Gasteiger partial charge in [-0.05, 0) is 43.7 Å². The molecule has 2 aliphatic heterocycles. The van der Waals surface area contributed by atoms with Gasteiger partial charge >= 0.3 is 0 Å². The minimum absolute atomic E-state index is 0.0277. The van der Waals surface area contributed by atoms with Crippen LogP contribution in [0, 0.1) is 11.8 Å². The van der Waals surface area contributed by atoms with Gasteiger partial charge in [-0.25, -0.2) is 0 Å². The number of benzene rings is 1. The van der Waals surface area contributed by atoms with Crippen molar-refractivity contribution >= 4 is 17.5 Å². The zero-order valence-corrected chi connectivity index (χ0v) is 15.4. The first kappa shape index (κ1) is 18.7. The first-order valence-corrected chi connectivity index (χ1v) is 9.46. The second kappa shape index (κ2) is 9.03. The Morgan fingerprint density at radius 2 is 2.08 bits per heavy atom. The van der Waals surface area contributed by atoms with E-state index in [9.17, 15) is 9.59 Å². The molecule has 2 saturated heterocycles. The summed E-state index contributed by atoms with van der Waals surface area (Å²) in [6, 6.07) is 7.38. The van der Waals surface area contributed by atoms with E-state index in [1.54, 1.807) is 7.11 Å². The third-order valence-corrected chi connectivity index (χ3v) is 5.34. The predicted molar refractivity (Wildman–Crippen MR) is 99.1 cm³/mol. The highest BCUT2D eigenvalue weighted by Crippen LogP contribution is 2.25. The van der Waals surface area contributed by atoms with Gasteiger partial charge in [-0.3, -0.25) is 9.59 Å². The Morgan fingerprint density at radius 1 is 1.27 bits per heavy atom. The number of nitrogens with one attached hydrogen (secondary N) is 1. The van der Waals surface area contributed by atoms with E-state index < -0.39 is 0 Å². The average molecular weight is 360 g/mol. The number of methoxy groups -OCH3 is 1. The topological polar surface area (TPSA) is 67.9 Å². The smallest absolute Gasteiger partial charge is 0.228 e. The molecule has 2 fully saturated rings. The van der Waals surface area contributed by atoms with Crippen molar-refractivity contribution in [3.8, 4) is 5.75 Å². The summed E-state index contributed by atoms with van der Waals surface area (Å²) in [5.74, 6) is 1.57. The number of anilines is 1. The normalized spacial score (nSPS) is 20.8. The van der Waals surface area contributed by atoms with Gasteiger partial charge < -0.3 is 19.7 Å². The number of carbonyl (C=O) groups excluding carboxylic acids is 2. The van der Waals surface area contributed by atoms with Gasteiger partial charge in [0, 0.05) is 37.9 Å². The Morgan fingerprint density at radius 3 is 2.77 bits per heavy atom. The molecule has 0 aliphatic carbocycles. The van der Waals surface area contributed by atoms with E-state index in [1.165, 1.54) is 0 Å². The third-order valence-electron chi connectivity index (χ3n) is 5.34. The summed E-state index contributed by atoms with van der Waals surface area (Å²) in [6.07, 6.45) is 4.18. The predicted octanol–water partition coefficient (Wildman–Crippen LogP) is 2.69. The van der Waals surface area contributed by atoms with E-state index in [0.29, 0.717) is 25.6 Å². The van der Waals surface area contributed by atoms with Crippen LogP contribution in [0.25, 0.3) is 0 Å². The Bertz CT molecular complexity index is 620. The van der Waals surface area contributed by atoms with Gasteiger partial charge in [0.05, 0.1) is 19.6 Å². The van der Waals surface area contributed by atoms with Crippen LogP contribution in [0.4, 0.5) is 5.69 Å². The minimum atomic E-state index is 0.0277. The molecule has 0 aromatic heterocycles. The second-order valence-corrected chi connectivity index (χ2v) is 7.15. The van der Waals surface area contributed by atoms with Gasteiger partial charge in [0.25, 0.3) is 0 Å². The Hall–Kier alpha value is -2.08. The van der Waals surface area contributed by atoms with E-state index in [4.69, 9.17) is 9.47 Å². The van der Waals surface area contributed by atoms with Gasteiger partial charge in [-0.15, -0.1) is 0 Å². The Balaban J connectivity index is 1.37. The highest BCUT2D eigenvalue weighted by molar-refractivity contribution is 5.90. The Labute approximate surface area is 154 Å². The van der Waals surface area contributed by atoms with Gasteiger partial charge in [-0.2, -0.15) is 0 Å². The summed E-state index contributed by atoms with van der Waals surface area (Å²) < 4.78 is 10.5. The molecule has 0 saturated carbocycles. The molecular formula is C20H28N2O4. The lowest BCUT2D eigenvalue weighted by Crippen LogP contribution is -2.42. The van der Waals surface area contributed by atoms with E-state index >= 15 is 0 Å². The molecule has 0 radical (unpaired) electrons. The van der Waals surface area contributed by atoms with Crippen molar-refractivity contribution < 1.29 is 19.1 Å². The molecule has 1 aromatic rings. The maximum atomic E-state index is 12.4. The number of ether oxygens (including phenoxy) is 2. The summed E-state index contributed by atoms with van der Waals surface area (Å²) in [4.78, 5) is 26.5. The van der Waals surface area contributed by atoms with Crippen LogP contribution in [0.2, 0.25) is 0 Å². The maximum Gasteiger partial charge on any atom is 0.228 e. The number of nitrogens with zero attached hydrogens (tertiary/aromatic N) is 1. The second-order valence-electron chi connectivity index (χ2n) is 7.15. The molecule has 2 heterocycles. The number of hydrogen-bond acceptors (Lipinski definition) is 4. The molecule has 26 heavy (non-hydrogen) atoms. The fraction of sp³-hybridized carbons (Fsp3) is 0.600. The first-order chi connectivity index (χ1) is 12.7. The molecule has 142 valence electrons. The molecule has 3 rings (SSSR count). The Kier molecular flexibility index (Phi) is 6.50. The zero-order chi connectivity index (χ0) is 18.4. The lowest BCUT2D eigenvalue weighted by molar-refractivity contribution is -0.137. The van der Waals surface area contributed by atoms with E-state index in [2.05, 4.69) is 5.32 Å². The van der Waals surface area contributed by atoms with Crippen LogP contribution in [0.3, 0.4) is 0 Å². The fourth-order valence-electron chi connectivity index (χ4n) is 3.69. The fourth-order valence-corrected chi connectivity index (χ4v) is 3.69. The number of rotatable bonds is 6. The van der Waals surface area contributed by atoms with Crippen molar-refractivity contribution in [1.82, 2.24) is 4.90 Å². The number of amides is 2. The van der Waals surface area contributed by atoms with Gasteiger partial charge in [0.1, 0.15) is 5.75 Å². The minimum Gasteiger partial charge on any atom is -0.497 e. The summed E-state index contributed by atoms with van der Waals surface area (Å²) in [5, 5.41) is 2.92. The molecule has 1 unspecified atom stereocenters. The monoisotopic (exact) mass is 360 g/mol. The summed E-state index contributed by atoms with van der Waals surface area (Å²) in [7, 11) is 1.61. The quantitative estimate of drug-likeness (QED) is 0.847. The van der Waals surface area contributed by atoms with E-state index in [0.717, 1.165) is 50.2 Å². The molecule has 2 amide bonds. The lowest BCUT2D eigenvalue weighted by Gasteiger charge is -2.33. The molecule has 1 atom stereocenters. The van der Waals surface area contributed by atoms with Crippen molar-refractivity contribution in [2.45, 2.75) is 32.1 Å². The number of carbonyl (C=O) groups is 2. The van der Waals surface area contributed by atoms with Gasteiger partial charge in [0.2, 0.25) is 11.8 Å².